The molecule has 0 aromatic carbocycles. The van der Waals surface area contributed by atoms with Crippen molar-refractivity contribution < 1.29 is 28.7 Å². The Morgan fingerprint density at radius 2 is 1.74 bits per heavy atom. The molecule has 19 heavy (non-hydrogen) atoms. The molecule has 1 aliphatic rings. The molecule has 0 aliphatic heterocycles. The van der Waals surface area contributed by atoms with E-state index in [1.807, 2.05) is 19.9 Å². The number of hydrogen-bond acceptors (Lipinski definition) is 2. The lowest BCUT2D eigenvalue weighted by molar-refractivity contribution is -0.696. The van der Waals surface area contributed by atoms with Gasteiger partial charge < -0.3 is 24.0 Å². The van der Waals surface area contributed by atoms with Crippen LogP contribution in [0.4, 0.5) is 0 Å². The van der Waals surface area contributed by atoms with Gasteiger partial charge in [0.25, 0.3) is 0 Å². The summed E-state index contributed by atoms with van der Waals surface area (Å²) in [5, 5.41) is 0. The van der Waals surface area contributed by atoms with Gasteiger partial charge in [-0.15, -0.1) is 4.68 Å². The van der Waals surface area contributed by atoms with Gasteiger partial charge in [-0.1, -0.05) is 9.97 Å². The molecule has 0 fully saturated rings. The van der Waals surface area contributed by atoms with Crippen molar-refractivity contribution in [1.29, 1.82) is 0 Å². The Bertz CT molecular complexity index is 611. The molecular formula is C14H19IN4. The van der Waals surface area contributed by atoms with E-state index in [4.69, 9.17) is 0 Å². The van der Waals surface area contributed by atoms with Gasteiger partial charge in [-0.2, -0.15) is 0 Å². The molecule has 0 N–H and O–H groups in total. The van der Waals surface area contributed by atoms with E-state index in [1.165, 1.54) is 29.8 Å². The third-order valence-corrected chi connectivity index (χ3v) is 3.83. The first-order chi connectivity index (χ1) is 8.58. The molecule has 3 rings (SSSR count). The maximum absolute atomic E-state index is 4.59. The van der Waals surface area contributed by atoms with Crippen molar-refractivity contribution in [2.45, 2.75) is 40.0 Å². The first-order valence-corrected chi connectivity index (χ1v) is 6.50. The summed E-state index contributed by atoms with van der Waals surface area (Å²) in [5.74, 6) is 0.807. The minimum atomic E-state index is 0. The van der Waals surface area contributed by atoms with Crippen LogP contribution < -0.4 is 28.7 Å². The predicted octanol–water partition coefficient (Wildman–Crippen LogP) is -1.49. The van der Waals surface area contributed by atoms with Crippen LogP contribution in [0.5, 0.6) is 0 Å². The number of halogens is 1. The van der Waals surface area contributed by atoms with Crippen LogP contribution in [0.2, 0.25) is 0 Å². The summed E-state index contributed by atoms with van der Waals surface area (Å²) in [6.07, 6.45) is 3.57. The highest BCUT2D eigenvalue weighted by Gasteiger charge is 2.29. The highest BCUT2D eigenvalue weighted by Crippen LogP contribution is 2.23. The SMILES string of the molecule is Cc1cc(C)nc(-[n+]2c3c(c(C)n2C)CCC3)n1.[I-]. The Morgan fingerprint density at radius 1 is 1.11 bits per heavy atom. The Balaban J connectivity index is 0.00000133. The van der Waals surface area contributed by atoms with E-state index in [-0.39, 0.29) is 24.0 Å². The first-order valence-electron chi connectivity index (χ1n) is 6.50. The summed E-state index contributed by atoms with van der Waals surface area (Å²) in [5.41, 5.74) is 6.26. The fourth-order valence-electron chi connectivity index (χ4n) is 2.93. The standard InChI is InChI=1S/C14H19N4.HI/c1-9-8-10(2)16-14(15-9)18-13-7-5-6-12(13)11(3)17(18)4;/h8H,5-7H2,1-4H3;1H/q+1;/p-1. The summed E-state index contributed by atoms with van der Waals surface area (Å²) in [7, 11) is 2.09. The lowest BCUT2D eigenvalue weighted by atomic mass is 10.2. The second kappa shape index (κ2) is 5.19. The third kappa shape index (κ3) is 2.28. The van der Waals surface area contributed by atoms with Gasteiger partial charge in [0.05, 0.1) is 5.69 Å². The zero-order valence-corrected chi connectivity index (χ0v) is 14.0. The number of rotatable bonds is 1. The van der Waals surface area contributed by atoms with Crippen LogP contribution in [0.25, 0.3) is 5.95 Å². The number of fused-ring (bicyclic) bond motifs is 1. The predicted molar refractivity (Wildman–Crippen MR) is 68.8 cm³/mol. The van der Waals surface area contributed by atoms with E-state index < -0.39 is 0 Å². The molecule has 0 spiro atoms. The van der Waals surface area contributed by atoms with E-state index >= 15 is 0 Å². The Kier molecular flexibility index (Phi) is 3.94. The topological polar surface area (TPSA) is 34.6 Å². The van der Waals surface area contributed by atoms with Gasteiger partial charge in [0, 0.05) is 25.1 Å². The number of aromatic nitrogens is 4. The van der Waals surface area contributed by atoms with Crippen molar-refractivity contribution in [3.05, 3.63) is 34.4 Å². The Hall–Kier alpha value is -0.980. The molecule has 102 valence electrons. The zero-order chi connectivity index (χ0) is 12.9. The van der Waals surface area contributed by atoms with Crippen molar-refractivity contribution in [2.75, 3.05) is 0 Å². The lowest BCUT2D eigenvalue weighted by Crippen LogP contribution is -3.00. The van der Waals surface area contributed by atoms with Gasteiger partial charge in [0.1, 0.15) is 17.1 Å². The molecule has 4 nitrogen and oxygen atoms in total. The minimum Gasteiger partial charge on any atom is -1.00 e. The molecule has 2 heterocycles. The smallest absolute Gasteiger partial charge is 0.455 e. The molecule has 2 aromatic heterocycles. The van der Waals surface area contributed by atoms with Gasteiger partial charge in [0.15, 0.2) is 0 Å². The molecular weight excluding hydrogens is 351 g/mol. The van der Waals surface area contributed by atoms with Gasteiger partial charge in [-0.25, -0.2) is 4.68 Å². The largest absolute Gasteiger partial charge is 1.00 e. The summed E-state index contributed by atoms with van der Waals surface area (Å²) in [4.78, 5) is 9.17. The Labute approximate surface area is 130 Å². The van der Waals surface area contributed by atoms with Crippen LogP contribution in [-0.4, -0.2) is 14.6 Å². The fourth-order valence-corrected chi connectivity index (χ4v) is 2.93. The van der Waals surface area contributed by atoms with E-state index in [1.54, 1.807) is 0 Å². The molecule has 0 unspecified atom stereocenters. The van der Waals surface area contributed by atoms with E-state index in [2.05, 4.69) is 33.3 Å². The molecule has 1 aliphatic carbocycles. The highest BCUT2D eigenvalue weighted by molar-refractivity contribution is 5.27. The summed E-state index contributed by atoms with van der Waals surface area (Å²) in [6, 6.07) is 2.01. The molecule has 0 radical (unpaired) electrons. The molecule has 0 bridgehead atoms. The van der Waals surface area contributed by atoms with E-state index in [0.717, 1.165) is 23.8 Å². The van der Waals surface area contributed by atoms with Crippen LogP contribution in [0.1, 0.15) is 34.8 Å². The van der Waals surface area contributed by atoms with Crippen molar-refractivity contribution >= 4 is 0 Å². The van der Waals surface area contributed by atoms with Crippen molar-refractivity contribution in [3.63, 3.8) is 0 Å². The van der Waals surface area contributed by atoms with Gasteiger partial charge in [-0.3, -0.25) is 0 Å². The maximum atomic E-state index is 4.59. The molecule has 0 saturated carbocycles. The molecule has 0 amide bonds. The van der Waals surface area contributed by atoms with Crippen LogP contribution in [0, 0.1) is 20.8 Å². The maximum Gasteiger partial charge on any atom is 0.455 e. The van der Waals surface area contributed by atoms with Crippen LogP contribution >= 0.6 is 0 Å². The number of hydrogen-bond donors (Lipinski definition) is 0. The minimum absolute atomic E-state index is 0. The highest BCUT2D eigenvalue weighted by atomic mass is 127. The molecule has 0 atom stereocenters. The van der Waals surface area contributed by atoms with Crippen molar-refractivity contribution in [2.24, 2.45) is 7.05 Å². The van der Waals surface area contributed by atoms with Crippen LogP contribution in [-0.2, 0) is 19.9 Å². The summed E-state index contributed by atoms with van der Waals surface area (Å²) >= 11 is 0. The normalized spacial score (nSPS) is 13.3. The number of nitrogens with zero attached hydrogens (tertiary/aromatic N) is 4. The average Bonchev–Trinajstić information content (AvgIpc) is 2.83. The third-order valence-electron chi connectivity index (χ3n) is 3.83. The van der Waals surface area contributed by atoms with Crippen molar-refractivity contribution in [3.8, 4) is 5.95 Å². The summed E-state index contributed by atoms with van der Waals surface area (Å²) in [6.45, 7) is 6.23. The van der Waals surface area contributed by atoms with Crippen LogP contribution in [0.3, 0.4) is 0 Å². The van der Waals surface area contributed by atoms with E-state index in [0.29, 0.717) is 0 Å². The first kappa shape index (κ1) is 14.4. The number of aryl methyl sites for hydroxylation is 2. The molecule has 2 aromatic rings. The van der Waals surface area contributed by atoms with Crippen LogP contribution in [0.15, 0.2) is 6.07 Å². The van der Waals surface area contributed by atoms with Crippen molar-refractivity contribution in [1.82, 2.24) is 14.6 Å². The lowest BCUT2D eigenvalue weighted by Gasteiger charge is -2.03. The summed E-state index contributed by atoms with van der Waals surface area (Å²) < 4.78 is 4.36. The van der Waals surface area contributed by atoms with Gasteiger partial charge >= 0.3 is 5.95 Å². The van der Waals surface area contributed by atoms with Gasteiger partial charge in [0.2, 0.25) is 0 Å². The Morgan fingerprint density at radius 3 is 2.37 bits per heavy atom. The van der Waals surface area contributed by atoms with Gasteiger partial charge in [-0.05, 0) is 33.6 Å². The molecule has 5 heteroatoms. The fraction of sp³-hybridized carbons (Fsp3) is 0.500. The van der Waals surface area contributed by atoms with E-state index in [9.17, 15) is 0 Å². The molecule has 0 saturated heterocycles. The monoisotopic (exact) mass is 370 g/mol. The second-order valence-electron chi connectivity index (χ2n) is 5.15. The zero-order valence-electron chi connectivity index (χ0n) is 11.9. The average molecular weight is 370 g/mol. The second-order valence-corrected chi connectivity index (χ2v) is 5.15. The quantitative estimate of drug-likeness (QED) is 0.453.